The molecule has 1 heterocycles. The van der Waals surface area contributed by atoms with Crippen LogP contribution in [0.3, 0.4) is 0 Å². The SMILES string of the molecule is COc1ccc(Cl)cc1-n1nc(C(C)=O)cc(C(=O)O)c1=O. The van der Waals surface area contributed by atoms with Crippen LogP contribution in [-0.2, 0) is 0 Å². The molecule has 8 heteroatoms. The Morgan fingerprint density at radius 3 is 2.55 bits per heavy atom. The first kappa shape index (κ1) is 15.7. The van der Waals surface area contributed by atoms with Gasteiger partial charge in [0.25, 0.3) is 5.56 Å². The number of hydrogen-bond donors (Lipinski definition) is 1. The molecule has 0 fully saturated rings. The lowest BCUT2D eigenvalue weighted by molar-refractivity contribution is 0.0694. The lowest BCUT2D eigenvalue weighted by Crippen LogP contribution is -2.29. The topological polar surface area (TPSA) is 98.5 Å². The van der Waals surface area contributed by atoms with Crippen molar-refractivity contribution in [2.24, 2.45) is 0 Å². The van der Waals surface area contributed by atoms with E-state index in [1.807, 2.05) is 0 Å². The minimum absolute atomic E-state index is 0.144. The highest BCUT2D eigenvalue weighted by Crippen LogP contribution is 2.25. The van der Waals surface area contributed by atoms with Crippen LogP contribution in [0.1, 0.15) is 27.8 Å². The molecule has 0 aliphatic heterocycles. The van der Waals surface area contributed by atoms with Crippen molar-refractivity contribution in [2.45, 2.75) is 6.92 Å². The number of methoxy groups -OCH3 is 1. The molecular weight excluding hydrogens is 312 g/mol. The lowest BCUT2D eigenvalue weighted by Gasteiger charge is -2.11. The van der Waals surface area contributed by atoms with Gasteiger partial charge < -0.3 is 9.84 Å². The van der Waals surface area contributed by atoms with Gasteiger partial charge in [0.1, 0.15) is 22.7 Å². The molecule has 0 radical (unpaired) electrons. The Bertz CT molecular complexity index is 828. The maximum Gasteiger partial charge on any atom is 0.341 e. The van der Waals surface area contributed by atoms with Gasteiger partial charge in [0, 0.05) is 11.9 Å². The number of Topliss-reactive ketones (excluding diaryl/α,β-unsaturated/α-hetero) is 1. The first-order chi connectivity index (χ1) is 10.3. The van der Waals surface area contributed by atoms with Crippen LogP contribution in [0.25, 0.3) is 5.69 Å². The van der Waals surface area contributed by atoms with Crippen LogP contribution in [0.15, 0.2) is 29.1 Å². The molecule has 0 bridgehead atoms. The predicted molar refractivity (Wildman–Crippen MR) is 78.4 cm³/mol. The molecule has 0 amide bonds. The maximum absolute atomic E-state index is 12.3. The van der Waals surface area contributed by atoms with Crippen molar-refractivity contribution in [3.63, 3.8) is 0 Å². The molecule has 0 unspecified atom stereocenters. The Morgan fingerprint density at radius 2 is 2.00 bits per heavy atom. The van der Waals surface area contributed by atoms with Crippen LogP contribution in [0, 0.1) is 0 Å². The van der Waals surface area contributed by atoms with Gasteiger partial charge in [0.05, 0.1) is 7.11 Å². The molecule has 0 spiro atoms. The van der Waals surface area contributed by atoms with Gasteiger partial charge in [0.15, 0.2) is 5.78 Å². The Balaban J connectivity index is 2.86. The first-order valence-electron chi connectivity index (χ1n) is 6.07. The van der Waals surface area contributed by atoms with Crippen LogP contribution in [0.2, 0.25) is 5.02 Å². The van der Waals surface area contributed by atoms with E-state index in [4.69, 9.17) is 21.4 Å². The van der Waals surface area contributed by atoms with E-state index in [-0.39, 0.29) is 17.1 Å². The minimum atomic E-state index is -1.45. The summed E-state index contributed by atoms with van der Waals surface area (Å²) in [7, 11) is 1.38. The van der Waals surface area contributed by atoms with Crippen LogP contribution in [-0.4, -0.2) is 33.7 Å². The number of aromatic nitrogens is 2. The Kier molecular flexibility index (Phi) is 4.27. The molecule has 2 rings (SSSR count). The lowest BCUT2D eigenvalue weighted by atomic mass is 10.2. The summed E-state index contributed by atoms with van der Waals surface area (Å²) >= 11 is 5.90. The normalized spacial score (nSPS) is 10.3. The molecule has 1 aromatic carbocycles. The fourth-order valence-corrected chi connectivity index (χ4v) is 1.98. The van der Waals surface area contributed by atoms with E-state index in [1.165, 1.54) is 26.2 Å². The van der Waals surface area contributed by atoms with Gasteiger partial charge in [-0.25, -0.2) is 4.79 Å². The van der Waals surface area contributed by atoms with Gasteiger partial charge in [-0.1, -0.05) is 11.6 Å². The Hall–Kier alpha value is -2.67. The van der Waals surface area contributed by atoms with E-state index < -0.39 is 22.9 Å². The summed E-state index contributed by atoms with van der Waals surface area (Å²) in [4.78, 5) is 35.0. The number of carboxylic acids is 1. The van der Waals surface area contributed by atoms with E-state index >= 15 is 0 Å². The van der Waals surface area contributed by atoms with E-state index in [0.717, 1.165) is 10.7 Å². The highest BCUT2D eigenvalue weighted by atomic mass is 35.5. The van der Waals surface area contributed by atoms with Crippen molar-refractivity contribution >= 4 is 23.4 Å². The number of benzene rings is 1. The molecule has 1 aromatic heterocycles. The summed E-state index contributed by atoms with van der Waals surface area (Å²) in [5.74, 6) is -1.67. The number of nitrogens with zero attached hydrogens (tertiary/aromatic N) is 2. The number of aromatic carboxylic acids is 1. The van der Waals surface area contributed by atoms with E-state index in [0.29, 0.717) is 5.02 Å². The number of carboxylic acid groups (broad SMARTS) is 1. The second-order valence-electron chi connectivity index (χ2n) is 4.34. The zero-order valence-corrected chi connectivity index (χ0v) is 12.4. The van der Waals surface area contributed by atoms with Crippen LogP contribution >= 0.6 is 11.6 Å². The van der Waals surface area contributed by atoms with Gasteiger partial charge in [-0.3, -0.25) is 9.59 Å². The number of halogens is 1. The number of carbonyl (C=O) groups excluding carboxylic acids is 1. The second-order valence-corrected chi connectivity index (χ2v) is 4.77. The Labute approximate surface area is 129 Å². The molecule has 0 saturated heterocycles. The van der Waals surface area contributed by atoms with Crippen molar-refractivity contribution in [1.82, 2.24) is 9.78 Å². The van der Waals surface area contributed by atoms with Crippen LogP contribution < -0.4 is 10.3 Å². The highest BCUT2D eigenvalue weighted by molar-refractivity contribution is 6.30. The largest absolute Gasteiger partial charge is 0.494 e. The van der Waals surface area contributed by atoms with Crippen LogP contribution in [0.5, 0.6) is 5.75 Å². The van der Waals surface area contributed by atoms with Gasteiger partial charge in [-0.05, 0) is 24.3 Å². The van der Waals surface area contributed by atoms with Gasteiger partial charge in [-0.2, -0.15) is 9.78 Å². The summed E-state index contributed by atoms with van der Waals surface area (Å²) in [5.41, 5.74) is -1.47. The third-order valence-electron chi connectivity index (χ3n) is 2.87. The van der Waals surface area contributed by atoms with Crippen LogP contribution in [0.4, 0.5) is 0 Å². The maximum atomic E-state index is 12.3. The number of rotatable bonds is 4. The highest BCUT2D eigenvalue weighted by Gasteiger charge is 2.19. The molecule has 0 aliphatic carbocycles. The smallest absolute Gasteiger partial charge is 0.341 e. The zero-order chi connectivity index (χ0) is 16.4. The van der Waals surface area contributed by atoms with Crippen molar-refractivity contribution in [3.8, 4) is 11.4 Å². The van der Waals surface area contributed by atoms with Crippen molar-refractivity contribution in [3.05, 3.63) is 50.9 Å². The van der Waals surface area contributed by atoms with Crippen molar-refractivity contribution < 1.29 is 19.4 Å². The summed E-state index contributed by atoms with van der Waals surface area (Å²) in [6.45, 7) is 1.22. The first-order valence-corrected chi connectivity index (χ1v) is 6.45. The molecule has 0 saturated carbocycles. The number of hydrogen-bond acceptors (Lipinski definition) is 5. The van der Waals surface area contributed by atoms with E-state index in [1.54, 1.807) is 6.07 Å². The van der Waals surface area contributed by atoms with E-state index in [9.17, 15) is 14.4 Å². The minimum Gasteiger partial charge on any atom is -0.494 e. The quantitative estimate of drug-likeness (QED) is 0.862. The molecule has 1 N–H and O–H groups in total. The summed E-state index contributed by atoms with van der Waals surface area (Å²) < 4.78 is 5.92. The fourth-order valence-electron chi connectivity index (χ4n) is 1.81. The second kappa shape index (κ2) is 5.98. The fraction of sp³-hybridized carbons (Fsp3) is 0.143. The van der Waals surface area contributed by atoms with Gasteiger partial charge in [-0.15, -0.1) is 0 Å². The molecule has 7 nitrogen and oxygen atoms in total. The molecular formula is C14H11ClN2O5. The van der Waals surface area contributed by atoms with Crippen molar-refractivity contribution in [2.75, 3.05) is 7.11 Å². The molecule has 0 aliphatic rings. The third kappa shape index (κ3) is 2.84. The van der Waals surface area contributed by atoms with Gasteiger partial charge >= 0.3 is 5.97 Å². The summed E-state index contributed by atoms with van der Waals surface area (Å²) in [6, 6.07) is 5.39. The number of ether oxygens (including phenoxy) is 1. The Morgan fingerprint density at radius 1 is 1.32 bits per heavy atom. The molecule has 2 aromatic rings. The van der Waals surface area contributed by atoms with E-state index in [2.05, 4.69) is 5.10 Å². The average Bonchev–Trinajstić information content (AvgIpc) is 2.46. The molecule has 22 heavy (non-hydrogen) atoms. The zero-order valence-electron chi connectivity index (χ0n) is 11.7. The molecule has 0 atom stereocenters. The molecule has 114 valence electrons. The summed E-state index contributed by atoms with van der Waals surface area (Å²) in [5, 5.41) is 13.3. The third-order valence-corrected chi connectivity index (χ3v) is 3.11. The van der Waals surface area contributed by atoms with Gasteiger partial charge in [0.2, 0.25) is 0 Å². The number of carbonyl (C=O) groups is 2. The standard InChI is InChI=1S/C14H11ClN2O5/c1-7(18)10-6-9(14(20)21)13(19)17(16-10)11-5-8(15)3-4-12(11)22-2/h3-6H,1-2H3,(H,20,21). The van der Waals surface area contributed by atoms with Crippen molar-refractivity contribution in [1.29, 1.82) is 0 Å². The predicted octanol–water partition coefficient (Wildman–Crippen LogP) is 1.80. The monoisotopic (exact) mass is 322 g/mol. The average molecular weight is 323 g/mol. The summed E-state index contributed by atoms with van der Waals surface area (Å²) in [6.07, 6.45) is 0. The number of ketones is 1.